The first-order valence-corrected chi connectivity index (χ1v) is 7.63. The molecule has 6 heteroatoms. The lowest BCUT2D eigenvalue weighted by Crippen LogP contribution is -2.48. The van der Waals surface area contributed by atoms with Gasteiger partial charge in [-0.1, -0.05) is 6.07 Å². The van der Waals surface area contributed by atoms with E-state index in [-0.39, 0.29) is 18.0 Å². The van der Waals surface area contributed by atoms with E-state index >= 15 is 0 Å². The van der Waals surface area contributed by atoms with Crippen LogP contribution in [0, 0.1) is 6.92 Å². The number of guanidine groups is 1. The normalized spacial score (nSPS) is 11.8. The summed E-state index contributed by atoms with van der Waals surface area (Å²) in [5.41, 5.74) is 1.98. The third-order valence-corrected chi connectivity index (χ3v) is 2.96. The van der Waals surface area contributed by atoms with Gasteiger partial charge in [0.2, 0.25) is 5.91 Å². The van der Waals surface area contributed by atoms with Crippen LogP contribution in [0.25, 0.3) is 0 Å². The molecular formula is C17H28N4O2. The number of benzene rings is 1. The molecule has 0 aliphatic carbocycles. The molecule has 0 heterocycles. The Balaban J connectivity index is 2.52. The van der Waals surface area contributed by atoms with Crippen LogP contribution in [-0.2, 0) is 11.3 Å². The predicted molar refractivity (Wildman–Crippen MR) is 93.8 cm³/mol. The first kappa shape index (κ1) is 18.8. The van der Waals surface area contributed by atoms with Gasteiger partial charge in [-0.3, -0.25) is 9.79 Å². The highest BCUT2D eigenvalue weighted by molar-refractivity contribution is 5.86. The van der Waals surface area contributed by atoms with E-state index in [2.05, 4.69) is 27.0 Å². The largest absolute Gasteiger partial charge is 0.497 e. The minimum absolute atomic E-state index is 0.0716. The Morgan fingerprint density at radius 2 is 1.91 bits per heavy atom. The zero-order valence-corrected chi connectivity index (χ0v) is 14.9. The maximum Gasteiger partial charge on any atom is 0.239 e. The molecule has 0 aromatic heterocycles. The summed E-state index contributed by atoms with van der Waals surface area (Å²) in [5.74, 6) is 1.33. The smallest absolute Gasteiger partial charge is 0.239 e. The number of ether oxygens (including phenoxy) is 1. The average Bonchev–Trinajstić information content (AvgIpc) is 2.45. The molecule has 1 amide bonds. The van der Waals surface area contributed by atoms with Crippen molar-refractivity contribution in [2.45, 2.75) is 39.8 Å². The van der Waals surface area contributed by atoms with Crippen molar-refractivity contribution in [1.29, 1.82) is 0 Å². The van der Waals surface area contributed by atoms with Crippen LogP contribution in [0.2, 0.25) is 0 Å². The molecule has 128 valence electrons. The fourth-order valence-electron chi connectivity index (χ4n) is 2.08. The molecule has 1 aromatic rings. The molecular weight excluding hydrogens is 292 g/mol. The molecule has 0 radical (unpaired) electrons. The van der Waals surface area contributed by atoms with Crippen LogP contribution in [0.15, 0.2) is 23.2 Å². The molecule has 1 aromatic carbocycles. The summed E-state index contributed by atoms with van der Waals surface area (Å²) in [6, 6.07) is 6.03. The van der Waals surface area contributed by atoms with Crippen LogP contribution >= 0.6 is 0 Å². The van der Waals surface area contributed by atoms with Gasteiger partial charge in [0.15, 0.2) is 5.96 Å². The van der Waals surface area contributed by atoms with Gasteiger partial charge >= 0.3 is 0 Å². The van der Waals surface area contributed by atoms with Crippen LogP contribution in [0.5, 0.6) is 5.75 Å². The van der Waals surface area contributed by atoms with Gasteiger partial charge in [-0.25, -0.2) is 0 Å². The number of aliphatic imine (C=N–C) groups is 1. The summed E-state index contributed by atoms with van der Waals surface area (Å²) in [5, 5.41) is 9.08. The highest BCUT2D eigenvalue weighted by atomic mass is 16.5. The van der Waals surface area contributed by atoms with Crippen molar-refractivity contribution >= 4 is 11.9 Å². The minimum atomic E-state index is -0.242. The molecule has 1 rings (SSSR count). The van der Waals surface area contributed by atoms with Gasteiger partial charge in [0.05, 0.1) is 13.7 Å². The molecule has 0 fully saturated rings. The summed E-state index contributed by atoms with van der Waals surface area (Å²) < 4.78 is 5.27. The Hall–Kier alpha value is -2.24. The SMILES string of the molecule is CN=C(NCC(=O)NC(C)(C)C)NCc1cc(C)cc(OC)c1. The number of hydrogen-bond donors (Lipinski definition) is 3. The van der Waals surface area contributed by atoms with Gasteiger partial charge in [0, 0.05) is 19.1 Å². The maximum atomic E-state index is 11.8. The third kappa shape index (κ3) is 7.54. The molecule has 0 saturated heterocycles. The van der Waals surface area contributed by atoms with E-state index in [0.29, 0.717) is 12.5 Å². The van der Waals surface area contributed by atoms with Crippen LogP contribution < -0.4 is 20.7 Å². The van der Waals surface area contributed by atoms with E-state index in [4.69, 9.17) is 4.74 Å². The van der Waals surface area contributed by atoms with E-state index in [1.165, 1.54) is 0 Å². The highest BCUT2D eigenvalue weighted by Gasteiger charge is 2.13. The maximum absolute atomic E-state index is 11.8. The van der Waals surface area contributed by atoms with Crippen LogP contribution in [0.1, 0.15) is 31.9 Å². The lowest BCUT2D eigenvalue weighted by Gasteiger charge is -2.21. The minimum Gasteiger partial charge on any atom is -0.497 e. The highest BCUT2D eigenvalue weighted by Crippen LogP contribution is 2.16. The summed E-state index contributed by atoms with van der Waals surface area (Å²) in [4.78, 5) is 15.9. The Morgan fingerprint density at radius 1 is 1.22 bits per heavy atom. The monoisotopic (exact) mass is 320 g/mol. The summed E-state index contributed by atoms with van der Waals surface area (Å²) in [6.07, 6.45) is 0. The number of nitrogens with one attached hydrogen (secondary N) is 3. The number of methoxy groups -OCH3 is 1. The molecule has 0 unspecified atom stereocenters. The number of carbonyl (C=O) groups is 1. The quantitative estimate of drug-likeness (QED) is 0.569. The van der Waals surface area contributed by atoms with Crippen LogP contribution in [-0.4, -0.2) is 38.1 Å². The lowest BCUT2D eigenvalue weighted by molar-refractivity contribution is -0.121. The molecule has 6 nitrogen and oxygen atoms in total. The van der Waals surface area contributed by atoms with Gasteiger partial charge in [-0.05, 0) is 51.0 Å². The zero-order valence-electron chi connectivity index (χ0n) is 14.9. The standard InChI is InChI=1S/C17H28N4O2/c1-12-7-13(9-14(8-12)23-6)10-19-16(18-5)20-11-15(22)21-17(2,3)4/h7-9H,10-11H2,1-6H3,(H,21,22)(H2,18,19,20). The second-order valence-corrected chi connectivity index (χ2v) is 6.44. The van der Waals surface area contributed by atoms with Crippen molar-refractivity contribution in [1.82, 2.24) is 16.0 Å². The van der Waals surface area contributed by atoms with Crippen molar-refractivity contribution in [3.8, 4) is 5.75 Å². The zero-order chi connectivity index (χ0) is 17.5. The van der Waals surface area contributed by atoms with E-state index in [1.807, 2.05) is 39.8 Å². The first-order valence-electron chi connectivity index (χ1n) is 7.63. The van der Waals surface area contributed by atoms with Gasteiger partial charge in [0.25, 0.3) is 0 Å². The Labute approximate surface area is 138 Å². The van der Waals surface area contributed by atoms with Crippen LogP contribution in [0.3, 0.4) is 0 Å². The van der Waals surface area contributed by atoms with Gasteiger partial charge < -0.3 is 20.7 Å². The number of carbonyl (C=O) groups excluding carboxylic acids is 1. The van der Waals surface area contributed by atoms with Crippen molar-refractivity contribution in [3.05, 3.63) is 29.3 Å². The first-order chi connectivity index (χ1) is 10.7. The fraction of sp³-hybridized carbons (Fsp3) is 0.529. The van der Waals surface area contributed by atoms with Crippen molar-refractivity contribution in [3.63, 3.8) is 0 Å². The number of hydrogen-bond acceptors (Lipinski definition) is 3. The molecule has 0 aliphatic heterocycles. The van der Waals surface area contributed by atoms with Crippen LogP contribution in [0.4, 0.5) is 0 Å². The number of nitrogens with zero attached hydrogens (tertiary/aromatic N) is 1. The Kier molecular flexibility index (Phi) is 6.88. The molecule has 0 saturated carbocycles. The molecule has 0 bridgehead atoms. The molecule has 0 aliphatic rings. The van der Waals surface area contributed by atoms with E-state index < -0.39 is 0 Å². The number of amides is 1. The van der Waals surface area contributed by atoms with E-state index in [0.717, 1.165) is 16.9 Å². The Morgan fingerprint density at radius 3 is 2.48 bits per heavy atom. The lowest BCUT2D eigenvalue weighted by atomic mass is 10.1. The predicted octanol–water partition coefficient (Wildman–Crippen LogP) is 1.58. The molecule has 0 atom stereocenters. The number of rotatable bonds is 5. The van der Waals surface area contributed by atoms with E-state index in [9.17, 15) is 4.79 Å². The topological polar surface area (TPSA) is 74.8 Å². The summed E-state index contributed by atoms with van der Waals surface area (Å²) in [7, 11) is 3.33. The second kappa shape index (κ2) is 8.41. The second-order valence-electron chi connectivity index (χ2n) is 6.44. The van der Waals surface area contributed by atoms with Crippen molar-refractivity contribution in [2.75, 3.05) is 20.7 Å². The van der Waals surface area contributed by atoms with Gasteiger partial charge in [-0.15, -0.1) is 0 Å². The fourth-order valence-corrected chi connectivity index (χ4v) is 2.08. The number of aryl methyl sites for hydroxylation is 1. The molecule has 0 spiro atoms. The summed E-state index contributed by atoms with van der Waals surface area (Å²) in [6.45, 7) is 8.64. The van der Waals surface area contributed by atoms with Gasteiger partial charge in [-0.2, -0.15) is 0 Å². The van der Waals surface area contributed by atoms with Crippen molar-refractivity contribution < 1.29 is 9.53 Å². The van der Waals surface area contributed by atoms with Crippen molar-refractivity contribution in [2.24, 2.45) is 4.99 Å². The van der Waals surface area contributed by atoms with E-state index in [1.54, 1.807) is 14.2 Å². The van der Waals surface area contributed by atoms with Gasteiger partial charge in [0.1, 0.15) is 5.75 Å². The average molecular weight is 320 g/mol. The Bertz CT molecular complexity index is 562. The summed E-state index contributed by atoms with van der Waals surface area (Å²) >= 11 is 0. The molecule has 23 heavy (non-hydrogen) atoms. The third-order valence-electron chi connectivity index (χ3n) is 2.96. The molecule has 3 N–H and O–H groups in total.